The molecule has 0 spiro atoms. The van der Waals surface area contributed by atoms with E-state index in [-0.39, 0.29) is 6.03 Å². The lowest BCUT2D eigenvalue weighted by atomic mass is 10.0. The van der Waals surface area contributed by atoms with Gasteiger partial charge in [-0.15, -0.1) is 0 Å². The van der Waals surface area contributed by atoms with Gasteiger partial charge in [-0.3, -0.25) is 0 Å². The summed E-state index contributed by atoms with van der Waals surface area (Å²) < 4.78 is 0. The van der Waals surface area contributed by atoms with E-state index in [0.717, 1.165) is 25.9 Å². The number of benzene rings is 1. The highest BCUT2D eigenvalue weighted by molar-refractivity contribution is 5.72. The van der Waals surface area contributed by atoms with Crippen LogP contribution in [0.1, 0.15) is 31.2 Å². The number of nitrogens with zero attached hydrogens (tertiary/aromatic N) is 2. The monoisotopic (exact) mass is 285 g/mol. The number of anilines is 1. The van der Waals surface area contributed by atoms with E-state index in [4.69, 9.17) is 5.73 Å². The Hall–Kier alpha value is -1.97. The Morgan fingerprint density at radius 3 is 2.48 bits per heavy atom. The topological polar surface area (TPSA) is 49.6 Å². The molecule has 112 valence electrons. The summed E-state index contributed by atoms with van der Waals surface area (Å²) in [4.78, 5) is 15.3. The molecule has 4 nitrogen and oxygen atoms in total. The van der Waals surface area contributed by atoms with Crippen LogP contribution in [0.25, 0.3) is 6.08 Å². The van der Waals surface area contributed by atoms with Crippen molar-refractivity contribution in [3.05, 3.63) is 35.4 Å². The first-order valence-electron chi connectivity index (χ1n) is 7.81. The molecule has 0 radical (unpaired) electrons. The molecule has 0 aliphatic carbocycles. The van der Waals surface area contributed by atoms with Crippen molar-refractivity contribution in [1.82, 2.24) is 4.90 Å². The third-order valence-corrected chi connectivity index (χ3v) is 4.43. The number of amides is 2. The number of hydrogen-bond donors (Lipinski definition) is 1. The molecule has 0 atom stereocenters. The van der Waals surface area contributed by atoms with Crippen LogP contribution in [0.4, 0.5) is 10.5 Å². The van der Waals surface area contributed by atoms with Gasteiger partial charge in [0, 0.05) is 31.9 Å². The Kier molecular flexibility index (Phi) is 4.13. The lowest BCUT2D eigenvalue weighted by Crippen LogP contribution is -2.39. The van der Waals surface area contributed by atoms with Crippen molar-refractivity contribution in [3.63, 3.8) is 0 Å². The molecule has 2 aliphatic heterocycles. The van der Waals surface area contributed by atoms with Gasteiger partial charge in [0.2, 0.25) is 0 Å². The normalized spacial score (nSPS) is 19.0. The number of piperidine rings is 1. The molecule has 0 unspecified atom stereocenters. The van der Waals surface area contributed by atoms with Crippen molar-refractivity contribution >= 4 is 17.8 Å². The van der Waals surface area contributed by atoms with Crippen LogP contribution in [0.5, 0.6) is 0 Å². The van der Waals surface area contributed by atoms with Crippen LogP contribution in [0.2, 0.25) is 0 Å². The smallest absolute Gasteiger partial charge is 0.314 e. The average Bonchev–Trinajstić information content (AvgIpc) is 3.02. The van der Waals surface area contributed by atoms with Crippen LogP contribution < -0.4 is 10.6 Å². The number of carbonyl (C=O) groups is 1. The maximum absolute atomic E-state index is 11.1. The largest absolute Gasteiger partial charge is 0.372 e. The number of hydrogen-bond acceptors (Lipinski definition) is 2. The standard InChI is InChI=1S/C17H23N3O/c18-17(21)20-10-6-14(7-11-20)12-15-4-3-5-16(13-15)19-8-1-2-9-19/h3-5,12-13H,1-2,6-11H2,(H2,18,21). The molecule has 1 aromatic carbocycles. The van der Waals surface area contributed by atoms with E-state index in [1.165, 1.54) is 42.8 Å². The summed E-state index contributed by atoms with van der Waals surface area (Å²) in [7, 11) is 0. The first-order valence-corrected chi connectivity index (χ1v) is 7.81. The number of carbonyl (C=O) groups excluding carboxylic acids is 1. The lowest BCUT2D eigenvalue weighted by molar-refractivity contribution is 0.203. The third kappa shape index (κ3) is 3.38. The molecule has 2 N–H and O–H groups in total. The minimum Gasteiger partial charge on any atom is -0.372 e. The maximum Gasteiger partial charge on any atom is 0.314 e. The lowest BCUT2D eigenvalue weighted by Gasteiger charge is -2.26. The molecule has 2 aliphatic rings. The van der Waals surface area contributed by atoms with Gasteiger partial charge in [-0.25, -0.2) is 4.79 Å². The Bertz CT molecular complexity index is 537. The Balaban J connectivity index is 1.68. The predicted molar refractivity (Wildman–Crippen MR) is 86.3 cm³/mol. The van der Waals surface area contributed by atoms with Crippen molar-refractivity contribution in [2.45, 2.75) is 25.7 Å². The van der Waals surface area contributed by atoms with Crippen LogP contribution in [0, 0.1) is 0 Å². The zero-order valence-corrected chi connectivity index (χ0v) is 12.4. The van der Waals surface area contributed by atoms with E-state index in [9.17, 15) is 4.79 Å². The van der Waals surface area contributed by atoms with Gasteiger partial charge in [-0.05, 0) is 43.4 Å². The van der Waals surface area contributed by atoms with E-state index < -0.39 is 0 Å². The summed E-state index contributed by atoms with van der Waals surface area (Å²) in [5.41, 5.74) is 9.32. The van der Waals surface area contributed by atoms with Gasteiger partial charge in [0.15, 0.2) is 0 Å². The molecule has 2 amide bonds. The summed E-state index contributed by atoms with van der Waals surface area (Å²) >= 11 is 0. The van der Waals surface area contributed by atoms with E-state index in [0.29, 0.717) is 0 Å². The summed E-state index contributed by atoms with van der Waals surface area (Å²) in [6, 6.07) is 8.47. The molecule has 2 heterocycles. The fourth-order valence-corrected chi connectivity index (χ4v) is 3.18. The Morgan fingerprint density at radius 2 is 1.81 bits per heavy atom. The highest BCUT2D eigenvalue weighted by Gasteiger charge is 2.16. The number of nitrogens with two attached hydrogens (primary N) is 1. The molecule has 0 saturated carbocycles. The quantitative estimate of drug-likeness (QED) is 0.908. The first-order chi connectivity index (χ1) is 10.2. The number of primary amides is 1. The maximum atomic E-state index is 11.1. The van der Waals surface area contributed by atoms with Gasteiger partial charge in [0.05, 0.1) is 0 Å². The van der Waals surface area contributed by atoms with Crippen molar-refractivity contribution in [1.29, 1.82) is 0 Å². The number of rotatable bonds is 2. The molecule has 3 rings (SSSR count). The van der Waals surface area contributed by atoms with Gasteiger partial charge in [-0.1, -0.05) is 23.8 Å². The average molecular weight is 285 g/mol. The van der Waals surface area contributed by atoms with E-state index in [1.807, 2.05) is 0 Å². The summed E-state index contributed by atoms with van der Waals surface area (Å²) in [6.45, 7) is 3.83. The second kappa shape index (κ2) is 6.20. The zero-order chi connectivity index (χ0) is 14.7. The summed E-state index contributed by atoms with van der Waals surface area (Å²) in [5.74, 6) is 0. The molecule has 2 saturated heterocycles. The van der Waals surface area contributed by atoms with Crippen molar-refractivity contribution in [2.24, 2.45) is 5.73 Å². The fourth-order valence-electron chi connectivity index (χ4n) is 3.18. The third-order valence-electron chi connectivity index (χ3n) is 4.43. The van der Waals surface area contributed by atoms with Crippen molar-refractivity contribution in [2.75, 3.05) is 31.1 Å². The van der Waals surface area contributed by atoms with Crippen LogP contribution >= 0.6 is 0 Å². The van der Waals surface area contributed by atoms with Crippen molar-refractivity contribution < 1.29 is 4.79 Å². The van der Waals surface area contributed by atoms with Gasteiger partial charge in [0.25, 0.3) is 0 Å². The first kappa shape index (κ1) is 14.0. The van der Waals surface area contributed by atoms with E-state index in [1.54, 1.807) is 4.90 Å². The Morgan fingerprint density at radius 1 is 1.10 bits per heavy atom. The molecule has 1 aromatic rings. The number of urea groups is 1. The zero-order valence-electron chi connectivity index (χ0n) is 12.4. The molecule has 0 bridgehead atoms. The number of likely N-dealkylation sites (tertiary alicyclic amines) is 1. The minimum atomic E-state index is -0.301. The predicted octanol–water partition coefficient (Wildman–Crippen LogP) is 2.84. The fraction of sp³-hybridized carbons (Fsp3) is 0.471. The second-order valence-electron chi connectivity index (χ2n) is 5.92. The molecule has 4 heteroatoms. The molecular weight excluding hydrogens is 262 g/mol. The highest BCUT2D eigenvalue weighted by atomic mass is 16.2. The van der Waals surface area contributed by atoms with Crippen molar-refractivity contribution in [3.8, 4) is 0 Å². The van der Waals surface area contributed by atoms with E-state index >= 15 is 0 Å². The summed E-state index contributed by atoms with van der Waals surface area (Å²) in [6.07, 6.45) is 6.73. The van der Waals surface area contributed by atoms with Crippen LogP contribution in [0.3, 0.4) is 0 Å². The van der Waals surface area contributed by atoms with Gasteiger partial charge in [-0.2, -0.15) is 0 Å². The second-order valence-corrected chi connectivity index (χ2v) is 5.92. The summed E-state index contributed by atoms with van der Waals surface area (Å²) in [5, 5.41) is 0. The molecule has 2 fully saturated rings. The minimum absolute atomic E-state index is 0.301. The van der Waals surface area contributed by atoms with Gasteiger partial charge < -0.3 is 15.5 Å². The van der Waals surface area contributed by atoms with Gasteiger partial charge >= 0.3 is 6.03 Å². The molecular formula is C17H23N3O. The van der Waals surface area contributed by atoms with Crippen LogP contribution in [0.15, 0.2) is 29.8 Å². The van der Waals surface area contributed by atoms with Crippen LogP contribution in [-0.2, 0) is 0 Å². The van der Waals surface area contributed by atoms with E-state index in [2.05, 4.69) is 35.2 Å². The van der Waals surface area contributed by atoms with Crippen LogP contribution in [-0.4, -0.2) is 37.1 Å². The highest BCUT2D eigenvalue weighted by Crippen LogP contribution is 2.24. The van der Waals surface area contributed by atoms with Gasteiger partial charge in [0.1, 0.15) is 0 Å². The molecule has 0 aromatic heterocycles. The Labute approximate surface area is 126 Å². The SMILES string of the molecule is NC(=O)N1CCC(=Cc2cccc(N3CCCC3)c2)CC1. The molecule has 21 heavy (non-hydrogen) atoms.